The maximum Gasteiger partial charge on any atom is 0.126 e. The standard InChI is InChI=1S/C13H18BrNO/c1-9-5-12(14)6-11(7-15-2)13(9)16-8-10-3-4-10/h5-6,10,15H,3-4,7-8H2,1-2H3. The topological polar surface area (TPSA) is 21.3 Å². The summed E-state index contributed by atoms with van der Waals surface area (Å²) in [4.78, 5) is 0. The fraction of sp³-hybridized carbons (Fsp3) is 0.538. The lowest BCUT2D eigenvalue weighted by molar-refractivity contribution is 0.294. The van der Waals surface area contributed by atoms with Crippen molar-refractivity contribution in [3.8, 4) is 5.75 Å². The molecule has 88 valence electrons. The Morgan fingerprint density at radius 1 is 1.44 bits per heavy atom. The van der Waals surface area contributed by atoms with Crippen LogP contribution in [0.5, 0.6) is 5.75 Å². The third-order valence-electron chi connectivity index (χ3n) is 2.84. The van der Waals surface area contributed by atoms with Crippen LogP contribution in [0.1, 0.15) is 24.0 Å². The van der Waals surface area contributed by atoms with E-state index < -0.39 is 0 Å². The Morgan fingerprint density at radius 2 is 2.19 bits per heavy atom. The monoisotopic (exact) mass is 283 g/mol. The van der Waals surface area contributed by atoms with Crippen molar-refractivity contribution in [2.24, 2.45) is 5.92 Å². The van der Waals surface area contributed by atoms with Crippen molar-refractivity contribution in [1.82, 2.24) is 5.32 Å². The summed E-state index contributed by atoms with van der Waals surface area (Å²) in [6.07, 6.45) is 2.66. The first kappa shape index (κ1) is 11.9. The van der Waals surface area contributed by atoms with Gasteiger partial charge in [-0.15, -0.1) is 0 Å². The van der Waals surface area contributed by atoms with Crippen molar-refractivity contribution in [1.29, 1.82) is 0 Å². The van der Waals surface area contributed by atoms with Crippen molar-refractivity contribution in [2.45, 2.75) is 26.3 Å². The van der Waals surface area contributed by atoms with E-state index in [2.05, 4.69) is 40.3 Å². The summed E-state index contributed by atoms with van der Waals surface area (Å²) in [6.45, 7) is 3.83. The summed E-state index contributed by atoms with van der Waals surface area (Å²) < 4.78 is 7.06. The Kier molecular flexibility index (Phi) is 3.87. The highest BCUT2D eigenvalue weighted by Crippen LogP contribution is 2.33. The molecular formula is C13H18BrNO. The molecule has 3 heteroatoms. The summed E-state index contributed by atoms with van der Waals surface area (Å²) in [5.41, 5.74) is 2.44. The second-order valence-corrected chi connectivity index (χ2v) is 5.41. The third-order valence-corrected chi connectivity index (χ3v) is 3.30. The van der Waals surface area contributed by atoms with Gasteiger partial charge < -0.3 is 10.1 Å². The van der Waals surface area contributed by atoms with E-state index >= 15 is 0 Å². The highest BCUT2D eigenvalue weighted by molar-refractivity contribution is 9.10. The molecule has 0 aliphatic heterocycles. The minimum Gasteiger partial charge on any atom is -0.493 e. The Labute approximate surface area is 106 Å². The van der Waals surface area contributed by atoms with Crippen LogP contribution in [0.3, 0.4) is 0 Å². The highest BCUT2D eigenvalue weighted by Gasteiger charge is 2.22. The number of nitrogens with one attached hydrogen (secondary N) is 1. The molecule has 16 heavy (non-hydrogen) atoms. The first-order valence-electron chi connectivity index (χ1n) is 5.77. The number of rotatable bonds is 5. The molecular weight excluding hydrogens is 266 g/mol. The predicted molar refractivity (Wildman–Crippen MR) is 69.9 cm³/mol. The van der Waals surface area contributed by atoms with Crippen LogP contribution in [0.4, 0.5) is 0 Å². The predicted octanol–water partition coefficient (Wildman–Crippen LogP) is 3.27. The SMILES string of the molecule is CNCc1cc(Br)cc(C)c1OCC1CC1. The molecule has 1 saturated carbocycles. The van der Waals surface area contributed by atoms with E-state index in [9.17, 15) is 0 Å². The average molecular weight is 284 g/mol. The highest BCUT2D eigenvalue weighted by atomic mass is 79.9. The minimum atomic E-state index is 0.797. The van der Waals surface area contributed by atoms with Crippen LogP contribution >= 0.6 is 15.9 Å². The molecule has 2 rings (SSSR count). The summed E-state index contributed by atoms with van der Waals surface area (Å²) in [5, 5.41) is 3.18. The lowest BCUT2D eigenvalue weighted by atomic mass is 10.1. The van der Waals surface area contributed by atoms with Gasteiger partial charge in [0.2, 0.25) is 0 Å². The smallest absolute Gasteiger partial charge is 0.126 e. The van der Waals surface area contributed by atoms with Crippen molar-refractivity contribution in [3.63, 3.8) is 0 Å². The van der Waals surface area contributed by atoms with E-state index in [-0.39, 0.29) is 0 Å². The summed E-state index contributed by atoms with van der Waals surface area (Å²) in [6, 6.07) is 4.24. The lowest BCUT2D eigenvalue weighted by Crippen LogP contribution is -2.09. The molecule has 0 spiro atoms. The summed E-state index contributed by atoms with van der Waals surface area (Å²) in [5.74, 6) is 1.86. The maximum atomic E-state index is 5.94. The fourth-order valence-electron chi connectivity index (χ4n) is 1.81. The number of hydrogen-bond donors (Lipinski definition) is 1. The number of aryl methyl sites for hydroxylation is 1. The molecule has 1 aliphatic rings. The van der Waals surface area contributed by atoms with Gasteiger partial charge in [-0.2, -0.15) is 0 Å². The van der Waals surface area contributed by atoms with Crippen molar-refractivity contribution in [3.05, 3.63) is 27.7 Å². The van der Waals surface area contributed by atoms with E-state index in [4.69, 9.17) is 4.74 Å². The molecule has 2 nitrogen and oxygen atoms in total. The largest absolute Gasteiger partial charge is 0.493 e. The average Bonchev–Trinajstić information content (AvgIpc) is 3.00. The van der Waals surface area contributed by atoms with Crippen molar-refractivity contribution >= 4 is 15.9 Å². The summed E-state index contributed by atoms with van der Waals surface area (Å²) in [7, 11) is 1.96. The number of hydrogen-bond acceptors (Lipinski definition) is 2. The van der Waals surface area contributed by atoms with E-state index in [0.29, 0.717) is 0 Å². The normalized spacial score (nSPS) is 15.2. The molecule has 0 aromatic heterocycles. The molecule has 0 heterocycles. The van der Waals surface area contributed by atoms with Crippen molar-refractivity contribution in [2.75, 3.05) is 13.7 Å². The number of benzene rings is 1. The van der Waals surface area contributed by atoms with Gasteiger partial charge in [-0.1, -0.05) is 15.9 Å². The number of halogens is 1. The van der Waals surface area contributed by atoms with Crippen LogP contribution in [-0.4, -0.2) is 13.7 Å². The third kappa shape index (κ3) is 2.98. The van der Waals surface area contributed by atoms with Gasteiger partial charge in [-0.3, -0.25) is 0 Å². The summed E-state index contributed by atoms with van der Waals surface area (Å²) >= 11 is 3.53. The number of ether oxygens (including phenoxy) is 1. The van der Waals surface area contributed by atoms with Crippen LogP contribution in [-0.2, 0) is 6.54 Å². The molecule has 0 atom stereocenters. The Bertz CT molecular complexity index is 374. The Hall–Kier alpha value is -0.540. The molecule has 0 saturated heterocycles. The molecule has 1 N–H and O–H groups in total. The molecule has 1 aromatic carbocycles. The maximum absolute atomic E-state index is 5.94. The van der Waals surface area contributed by atoms with E-state index in [1.54, 1.807) is 0 Å². The lowest BCUT2D eigenvalue weighted by Gasteiger charge is -2.14. The van der Waals surface area contributed by atoms with Crippen LogP contribution < -0.4 is 10.1 Å². The van der Waals surface area contributed by atoms with Crippen molar-refractivity contribution < 1.29 is 4.74 Å². The van der Waals surface area contributed by atoms with Crippen LogP contribution in [0.15, 0.2) is 16.6 Å². The minimum absolute atomic E-state index is 0.797. The fourth-order valence-corrected chi connectivity index (χ4v) is 2.43. The van der Waals surface area contributed by atoms with Crippen LogP contribution in [0, 0.1) is 12.8 Å². The molecule has 1 aliphatic carbocycles. The zero-order valence-electron chi connectivity index (χ0n) is 9.85. The molecule has 0 radical (unpaired) electrons. The van der Waals surface area contributed by atoms with Crippen LogP contribution in [0.25, 0.3) is 0 Å². The van der Waals surface area contributed by atoms with Crippen LogP contribution in [0.2, 0.25) is 0 Å². The van der Waals surface area contributed by atoms with Gasteiger partial charge in [-0.05, 0) is 50.4 Å². The quantitative estimate of drug-likeness (QED) is 0.896. The first-order chi connectivity index (χ1) is 7.70. The van der Waals surface area contributed by atoms with Gasteiger partial charge >= 0.3 is 0 Å². The van der Waals surface area contributed by atoms with Gasteiger partial charge in [0.15, 0.2) is 0 Å². The molecule has 0 amide bonds. The molecule has 0 unspecified atom stereocenters. The van der Waals surface area contributed by atoms with Gasteiger partial charge in [0.25, 0.3) is 0 Å². The second-order valence-electron chi connectivity index (χ2n) is 4.50. The molecule has 1 aromatic rings. The Morgan fingerprint density at radius 3 is 2.81 bits per heavy atom. The van der Waals surface area contributed by atoms with E-state index in [0.717, 1.165) is 29.3 Å². The second kappa shape index (κ2) is 5.19. The van der Waals surface area contributed by atoms with E-state index in [1.165, 1.54) is 24.0 Å². The van der Waals surface area contributed by atoms with Gasteiger partial charge in [-0.25, -0.2) is 0 Å². The molecule has 0 bridgehead atoms. The van der Waals surface area contributed by atoms with Gasteiger partial charge in [0.1, 0.15) is 5.75 Å². The zero-order valence-corrected chi connectivity index (χ0v) is 11.4. The molecule has 1 fully saturated rings. The zero-order chi connectivity index (χ0) is 11.5. The van der Waals surface area contributed by atoms with Gasteiger partial charge in [0.05, 0.1) is 6.61 Å². The Balaban J connectivity index is 2.16. The van der Waals surface area contributed by atoms with E-state index in [1.807, 2.05) is 7.05 Å². The first-order valence-corrected chi connectivity index (χ1v) is 6.56. The van der Waals surface area contributed by atoms with Gasteiger partial charge in [0, 0.05) is 16.6 Å².